The average molecular weight is 421 g/mol. The van der Waals surface area contributed by atoms with Crippen molar-refractivity contribution in [2.75, 3.05) is 31.1 Å². The molecule has 30 heavy (non-hydrogen) atoms. The van der Waals surface area contributed by atoms with Crippen LogP contribution in [0.4, 0.5) is 23.7 Å². The second-order valence-electron chi connectivity index (χ2n) is 6.95. The number of alkyl halides is 3. The first-order valence-electron chi connectivity index (χ1n) is 9.45. The molecule has 1 aliphatic rings. The molecule has 1 atom stereocenters. The number of ether oxygens (including phenoxy) is 1. The predicted octanol–water partition coefficient (Wildman–Crippen LogP) is 3.58. The van der Waals surface area contributed by atoms with E-state index in [1.54, 1.807) is 4.90 Å². The summed E-state index contributed by atoms with van der Waals surface area (Å²) in [6.45, 7) is 2.28. The zero-order valence-electron chi connectivity index (χ0n) is 16.1. The van der Waals surface area contributed by atoms with Gasteiger partial charge in [-0.25, -0.2) is 4.79 Å². The van der Waals surface area contributed by atoms with Gasteiger partial charge in [-0.3, -0.25) is 4.79 Å². The third-order valence-corrected chi connectivity index (χ3v) is 4.98. The summed E-state index contributed by atoms with van der Waals surface area (Å²) in [5.41, 5.74) is 5.62. The molecule has 2 amide bonds. The van der Waals surface area contributed by atoms with Crippen molar-refractivity contribution in [1.82, 2.24) is 4.90 Å². The van der Waals surface area contributed by atoms with Crippen molar-refractivity contribution in [3.05, 3.63) is 65.7 Å². The van der Waals surface area contributed by atoms with E-state index in [0.717, 1.165) is 17.8 Å². The summed E-state index contributed by atoms with van der Waals surface area (Å²) in [7, 11) is 0. The summed E-state index contributed by atoms with van der Waals surface area (Å²) in [4.78, 5) is 27.8. The first-order valence-corrected chi connectivity index (χ1v) is 9.45. The van der Waals surface area contributed by atoms with E-state index in [1.807, 2.05) is 30.3 Å². The van der Waals surface area contributed by atoms with Gasteiger partial charge < -0.3 is 20.3 Å². The molecule has 0 saturated carbocycles. The summed E-state index contributed by atoms with van der Waals surface area (Å²) < 4.78 is 43.3. The lowest BCUT2D eigenvalue weighted by atomic mass is 10.0. The maximum atomic E-state index is 12.8. The van der Waals surface area contributed by atoms with Gasteiger partial charge >= 0.3 is 12.3 Å². The number of nitrogens with zero attached hydrogens (tertiary/aromatic N) is 2. The molecule has 160 valence electrons. The molecule has 2 N–H and O–H groups in total. The lowest BCUT2D eigenvalue weighted by Crippen LogP contribution is -2.49. The van der Waals surface area contributed by atoms with E-state index < -0.39 is 23.9 Å². The molecule has 0 spiro atoms. The number of carbonyl (C=O) groups is 2. The van der Waals surface area contributed by atoms with E-state index >= 15 is 0 Å². The van der Waals surface area contributed by atoms with Crippen LogP contribution in [0.2, 0.25) is 0 Å². The number of hydrogen-bond acceptors (Lipinski definition) is 4. The van der Waals surface area contributed by atoms with Crippen molar-refractivity contribution >= 4 is 17.7 Å². The second-order valence-corrected chi connectivity index (χ2v) is 6.95. The summed E-state index contributed by atoms with van der Waals surface area (Å²) in [6.07, 6.45) is -6.82. The van der Waals surface area contributed by atoms with Crippen LogP contribution >= 0.6 is 0 Å². The van der Waals surface area contributed by atoms with Crippen LogP contribution in [0.15, 0.2) is 54.6 Å². The van der Waals surface area contributed by atoms with E-state index in [1.165, 1.54) is 12.1 Å². The summed E-state index contributed by atoms with van der Waals surface area (Å²) in [5.74, 6) is -0.256. The quantitative estimate of drug-likeness (QED) is 0.801. The van der Waals surface area contributed by atoms with Crippen LogP contribution in [0, 0.1) is 0 Å². The maximum absolute atomic E-state index is 12.8. The Balaban J connectivity index is 1.64. The average Bonchev–Trinajstić information content (AvgIpc) is 2.73. The molecule has 3 rings (SSSR count). The number of piperazine rings is 1. The van der Waals surface area contributed by atoms with Gasteiger partial charge in [0.05, 0.1) is 12.0 Å². The molecule has 0 radical (unpaired) electrons. The Labute approximate surface area is 172 Å². The van der Waals surface area contributed by atoms with E-state index in [-0.39, 0.29) is 17.9 Å². The minimum atomic E-state index is -4.48. The van der Waals surface area contributed by atoms with Crippen LogP contribution in [0.25, 0.3) is 0 Å². The van der Waals surface area contributed by atoms with Crippen molar-refractivity contribution in [3.63, 3.8) is 0 Å². The third-order valence-electron chi connectivity index (χ3n) is 4.98. The molecule has 0 aliphatic carbocycles. The molecule has 2 aromatic rings. The van der Waals surface area contributed by atoms with E-state index in [2.05, 4.69) is 4.90 Å². The lowest BCUT2D eigenvalue weighted by molar-refractivity contribution is -0.138. The minimum absolute atomic E-state index is 0.195. The Morgan fingerprint density at radius 1 is 0.967 bits per heavy atom. The fourth-order valence-corrected chi connectivity index (χ4v) is 3.40. The van der Waals surface area contributed by atoms with Gasteiger partial charge in [-0.15, -0.1) is 0 Å². The van der Waals surface area contributed by atoms with E-state index in [4.69, 9.17) is 10.5 Å². The number of hydrogen-bond donors (Lipinski definition) is 1. The zero-order chi connectivity index (χ0) is 21.7. The summed E-state index contributed by atoms with van der Waals surface area (Å²) in [6, 6.07) is 14.0. The normalized spacial score (nSPS) is 15.6. The fraction of sp³-hybridized carbons (Fsp3) is 0.333. The molecule has 6 nitrogen and oxygen atoms in total. The Hall–Kier alpha value is -3.23. The van der Waals surface area contributed by atoms with Gasteiger partial charge in [-0.2, -0.15) is 13.2 Å². The summed E-state index contributed by atoms with van der Waals surface area (Å²) >= 11 is 0. The number of carbonyl (C=O) groups excluding carboxylic acids is 2. The van der Waals surface area contributed by atoms with Crippen molar-refractivity contribution in [1.29, 1.82) is 0 Å². The molecule has 1 fully saturated rings. The Kier molecular flexibility index (Phi) is 6.49. The first kappa shape index (κ1) is 21.5. The molecule has 0 bridgehead atoms. The molecule has 1 unspecified atom stereocenters. The van der Waals surface area contributed by atoms with Gasteiger partial charge in [0.15, 0.2) is 0 Å². The number of nitrogens with two attached hydrogens (primary N) is 1. The zero-order valence-corrected chi connectivity index (χ0v) is 16.1. The van der Waals surface area contributed by atoms with Gasteiger partial charge in [0.1, 0.15) is 6.10 Å². The number of rotatable bonds is 5. The van der Waals surface area contributed by atoms with Crippen molar-refractivity contribution in [2.24, 2.45) is 5.73 Å². The maximum Gasteiger partial charge on any atom is 0.416 e. The molecule has 1 heterocycles. The minimum Gasteiger partial charge on any atom is -0.441 e. The second kappa shape index (κ2) is 9.06. The van der Waals surface area contributed by atoms with Gasteiger partial charge in [0.2, 0.25) is 5.91 Å². The highest BCUT2D eigenvalue weighted by atomic mass is 19.4. The summed E-state index contributed by atoms with van der Waals surface area (Å²) in [5, 5.41) is 0. The van der Waals surface area contributed by atoms with Gasteiger partial charge in [-0.1, -0.05) is 30.3 Å². The third kappa shape index (κ3) is 5.43. The smallest absolute Gasteiger partial charge is 0.416 e. The van der Waals surface area contributed by atoms with Crippen LogP contribution < -0.4 is 10.6 Å². The SMILES string of the molecule is NC(=O)OC(CC(=O)N1CCN(c2ccccc2)CC1)c1ccc(C(F)(F)F)cc1. The van der Waals surface area contributed by atoms with Crippen molar-refractivity contribution < 1.29 is 27.5 Å². The van der Waals surface area contributed by atoms with Crippen molar-refractivity contribution in [3.8, 4) is 0 Å². The van der Waals surface area contributed by atoms with Crippen LogP contribution in [-0.4, -0.2) is 43.1 Å². The molecular weight excluding hydrogens is 399 g/mol. The number of benzene rings is 2. The number of para-hydroxylation sites is 1. The number of halogens is 3. The molecule has 1 saturated heterocycles. The number of amides is 2. The van der Waals surface area contributed by atoms with Crippen LogP contribution in [0.5, 0.6) is 0 Å². The predicted molar refractivity (Wildman–Crippen MR) is 105 cm³/mol. The van der Waals surface area contributed by atoms with Gasteiger partial charge in [-0.05, 0) is 29.8 Å². The lowest BCUT2D eigenvalue weighted by Gasteiger charge is -2.36. The van der Waals surface area contributed by atoms with Crippen LogP contribution in [0.3, 0.4) is 0 Å². The number of anilines is 1. The Morgan fingerprint density at radius 3 is 2.10 bits per heavy atom. The largest absolute Gasteiger partial charge is 0.441 e. The van der Waals surface area contributed by atoms with Gasteiger partial charge in [0.25, 0.3) is 0 Å². The number of primary amides is 1. The molecule has 2 aromatic carbocycles. The van der Waals surface area contributed by atoms with Crippen LogP contribution in [-0.2, 0) is 15.7 Å². The van der Waals surface area contributed by atoms with E-state index in [9.17, 15) is 22.8 Å². The molecule has 0 aromatic heterocycles. The highest BCUT2D eigenvalue weighted by Crippen LogP contribution is 2.31. The Bertz CT molecular complexity index is 865. The van der Waals surface area contributed by atoms with Crippen LogP contribution in [0.1, 0.15) is 23.7 Å². The topological polar surface area (TPSA) is 75.9 Å². The fourth-order valence-electron chi connectivity index (χ4n) is 3.40. The molecule has 9 heteroatoms. The highest BCUT2D eigenvalue weighted by Gasteiger charge is 2.31. The monoisotopic (exact) mass is 421 g/mol. The Morgan fingerprint density at radius 2 is 1.57 bits per heavy atom. The molecule has 1 aliphatic heterocycles. The van der Waals surface area contributed by atoms with E-state index in [0.29, 0.717) is 26.2 Å². The first-order chi connectivity index (χ1) is 14.2. The highest BCUT2D eigenvalue weighted by molar-refractivity contribution is 5.78. The van der Waals surface area contributed by atoms with Crippen molar-refractivity contribution in [2.45, 2.75) is 18.7 Å². The van der Waals surface area contributed by atoms with Gasteiger partial charge in [0, 0.05) is 31.9 Å². The molecular formula is C21H22F3N3O3. The standard InChI is InChI=1S/C21H22F3N3O3/c22-21(23,24)16-8-6-15(7-9-16)18(30-20(25)29)14-19(28)27-12-10-26(11-13-27)17-4-2-1-3-5-17/h1-9,18H,10-14H2,(H2,25,29).